The molecule has 3 nitrogen and oxygen atoms in total. The molecule has 0 amide bonds. The Kier molecular flexibility index (Phi) is 3.02. The molecule has 1 aromatic rings. The average Bonchev–Trinajstić information content (AvgIpc) is 2.31. The molecule has 0 radical (unpaired) electrons. The number of pyridine rings is 1. The number of hydrogen-bond acceptors (Lipinski definition) is 3. The van der Waals surface area contributed by atoms with Crippen molar-refractivity contribution < 1.29 is 0 Å². The number of nitrogens with zero attached hydrogens (tertiary/aromatic N) is 1. The molecule has 0 spiro atoms. The first-order chi connectivity index (χ1) is 7.40. The average molecular weight is 201 g/mol. The highest BCUT2D eigenvalue weighted by Gasteiger charge is 2.04. The van der Waals surface area contributed by atoms with Gasteiger partial charge in [0.25, 0.3) is 0 Å². The van der Waals surface area contributed by atoms with Crippen molar-refractivity contribution in [1.29, 1.82) is 0 Å². The smallest absolute Gasteiger partial charge is 0.153 e. The summed E-state index contributed by atoms with van der Waals surface area (Å²) in [4.78, 5) is 4.31. The van der Waals surface area contributed by atoms with Gasteiger partial charge in [0.15, 0.2) is 5.82 Å². The maximum absolute atomic E-state index is 4.31. The molecule has 15 heavy (non-hydrogen) atoms. The summed E-state index contributed by atoms with van der Waals surface area (Å²) in [5.41, 5.74) is 2.24. The standard InChI is InChI=1S/C12H15N3/c1-13-11-8-5-9-14-12(11)15-10-6-3-2-4-7-10/h2-3,5-6,8-9,13H,4,7H2,1H3,(H,14,15). The minimum absolute atomic E-state index is 0.890. The zero-order chi connectivity index (χ0) is 10.5. The maximum atomic E-state index is 4.31. The summed E-state index contributed by atoms with van der Waals surface area (Å²) in [6.45, 7) is 0. The predicted molar refractivity (Wildman–Crippen MR) is 63.9 cm³/mol. The van der Waals surface area contributed by atoms with Gasteiger partial charge in [-0.3, -0.25) is 0 Å². The van der Waals surface area contributed by atoms with Crippen LogP contribution < -0.4 is 10.6 Å². The van der Waals surface area contributed by atoms with E-state index < -0.39 is 0 Å². The summed E-state index contributed by atoms with van der Waals surface area (Å²) in [5.74, 6) is 0.890. The summed E-state index contributed by atoms with van der Waals surface area (Å²) in [6.07, 6.45) is 10.3. The van der Waals surface area contributed by atoms with Crippen LogP contribution in [0.25, 0.3) is 0 Å². The van der Waals surface area contributed by atoms with Crippen LogP contribution in [-0.2, 0) is 0 Å². The molecule has 0 bridgehead atoms. The van der Waals surface area contributed by atoms with Crippen LogP contribution >= 0.6 is 0 Å². The fourth-order valence-corrected chi connectivity index (χ4v) is 1.57. The highest BCUT2D eigenvalue weighted by atomic mass is 15.0. The normalized spacial score (nSPS) is 14.6. The molecule has 1 aliphatic rings. The van der Waals surface area contributed by atoms with Gasteiger partial charge in [0.2, 0.25) is 0 Å². The van der Waals surface area contributed by atoms with E-state index in [2.05, 4.69) is 33.8 Å². The zero-order valence-electron chi connectivity index (χ0n) is 8.83. The topological polar surface area (TPSA) is 37.0 Å². The molecule has 2 rings (SSSR count). The maximum Gasteiger partial charge on any atom is 0.153 e. The molecule has 0 atom stereocenters. The first-order valence-corrected chi connectivity index (χ1v) is 5.15. The van der Waals surface area contributed by atoms with Crippen molar-refractivity contribution in [2.45, 2.75) is 12.8 Å². The summed E-state index contributed by atoms with van der Waals surface area (Å²) < 4.78 is 0. The molecule has 0 unspecified atom stereocenters. The molecule has 78 valence electrons. The van der Waals surface area contributed by atoms with Crippen LogP contribution in [0.1, 0.15) is 12.8 Å². The van der Waals surface area contributed by atoms with E-state index >= 15 is 0 Å². The van der Waals surface area contributed by atoms with Gasteiger partial charge in [-0.15, -0.1) is 0 Å². The monoisotopic (exact) mass is 201 g/mol. The van der Waals surface area contributed by atoms with E-state index in [0.29, 0.717) is 0 Å². The first kappa shape index (κ1) is 9.77. The quantitative estimate of drug-likeness (QED) is 0.789. The van der Waals surface area contributed by atoms with E-state index in [1.165, 1.54) is 5.70 Å². The van der Waals surface area contributed by atoms with Gasteiger partial charge in [-0.1, -0.05) is 12.2 Å². The van der Waals surface area contributed by atoms with Crippen molar-refractivity contribution in [3.63, 3.8) is 0 Å². The SMILES string of the molecule is CNc1cccnc1NC1=CC=CCC1. The van der Waals surface area contributed by atoms with Crippen LogP contribution in [0.2, 0.25) is 0 Å². The molecule has 3 heteroatoms. The van der Waals surface area contributed by atoms with Crippen molar-refractivity contribution in [2.24, 2.45) is 0 Å². The molecule has 1 heterocycles. The second-order valence-electron chi connectivity index (χ2n) is 3.43. The molecular formula is C12H15N3. The lowest BCUT2D eigenvalue weighted by molar-refractivity contribution is 0.962. The summed E-state index contributed by atoms with van der Waals surface area (Å²) in [6, 6.07) is 3.93. The van der Waals surface area contributed by atoms with Crippen LogP contribution in [0.15, 0.2) is 42.3 Å². The van der Waals surface area contributed by atoms with Crippen LogP contribution in [0, 0.1) is 0 Å². The number of nitrogens with one attached hydrogen (secondary N) is 2. The largest absolute Gasteiger partial charge is 0.385 e. The Morgan fingerprint density at radius 3 is 3.07 bits per heavy atom. The molecule has 0 aromatic carbocycles. The number of hydrogen-bond donors (Lipinski definition) is 2. The first-order valence-electron chi connectivity index (χ1n) is 5.15. The Labute approximate surface area is 89.9 Å². The van der Waals surface area contributed by atoms with E-state index in [1.54, 1.807) is 6.20 Å². The third kappa shape index (κ3) is 2.37. The molecule has 0 fully saturated rings. The van der Waals surface area contributed by atoms with Crippen molar-refractivity contribution >= 4 is 11.5 Å². The van der Waals surface area contributed by atoms with Gasteiger partial charge < -0.3 is 10.6 Å². The van der Waals surface area contributed by atoms with E-state index in [4.69, 9.17) is 0 Å². The van der Waals surface area contributed by atoms with Crippen molar-refractivity contribution in [2.75, 3.05) is 17.7 Å². The third-order valence-corrected chi connectivity index (χ3v) is 2.37. The van der Waals surface area contributed by atoms with Crippen molar-refractivity contribution in [1.82, 2.24) is 4.98 Å². The Balaban J connectivity index is 2.16. The van der Waals surface area contributed by atoms with Gasteiger partial charge in [-0.2, -0.15) is 0 Å². The number of allylic oxidation sites excluding steroid dienone is 4. The third-order valence-electron chi connectivity index (χ3n) is 2.37. The van der Waals surface area contributed by atoms with Gasteiger partial charge >= 0.3 is 0 Å². The second-order valence-corrected chi connectivity index (χ2v) is 3.43. The lowest BCUT2D eigenvalue weighted by Crippen LogP contribution is -2.05. The highest BCUT2D eigenvalue weighted by molar-refractivity contribution is 5.65. The summed E-state index contributed by atoms with van der Waals surface area (Å²) in [5, 5.41) is 6.45. The van der Waals surface area contributed by atoms with E-state index in [1.807, 2.05) is 19.2 Å². The minimum atomic E-state index is 0.890. The minimum Gasteiger partial charge on any atom is -0.385 e. The second kappa shape index (κ2) is 4.64. The van der Waals surface area contributed by atoms with Gasteiger partial charge in [0.1, 0.15) is 0 Å². The van der Waals surface area contributed by atoms with Gasteiger partial charge in [0, 0.05) is 18.9 Å². The molecule has 0 saturated carbocycles. The van der Waals surface area contributed by atoms with Crippen LogP contribution in [0.4, 0.5) is 11.5 Å². The van der Waals surface area contributed by atoms with Gasteiger partial charge in [-0.25, -0.2) is 4.98 Å². The van der Waals surface area contributed by atoms with Crippen molar-refractivity contribution in [3.8, 4) is 0 Å². The fourth-order valence-electron chi connectivity index (χ4n) is 1.57. The summed E-state index contributed by atoms with van der Waals surface area (Å²) in [7, 11) is 1.90. The van der Waals surface area contributed by atoms with Gasteiger partial charge in [-0.05, 0) is 31.1 Å². The highest BCUT2D eigenvalue weighted by Crippen LogP contribution is 2.21. The number of aromatic nitrogens is 1. The molecule has 1 aliphatic carbocycles. The van der Waals surface area contributed by atoms with Crippen LogP contribution in [0.3, 0.4) is 0 Å². The van der Waals surface area contributed by atoms with E-state index in [0.717, 1.165) is 24.3 Å². The summed E-state index contributed by atoms with van der Waals surface area (Å²) >= 11 is 0. The molecule has 0 aliphatic heterocycles. The molecule has 2 N–H and O–H groups in total. The Morgan fingerprint density at radius 2 is 2.33 bits per heavy atom. The number of anilines is 2. The van der Waals surface area contributed by atoms with Gasteiger partial charge in [0.05, 0.1) is 5.69 Å². The Morgan fingerprint density at radius 1 is 1.40 bits per heavy atom. The zero-order valence-corrected chi connectivity index (χ0v) is 8.83. The van der Waals surface area contributed by atoms with Crippen molar-refractivity contribution in [3.05, 3.63) is 42.3 Å². The molecule has 1 aromatic heterocycles. The lowest BCUT2D eigenvalue weighted by atomic mass is 10.1. The van der Waals surface area contributed by atoms with Crippen LogP contribution in [0.5, 0.6) is 0 Å². The molecule has 0 saturated heterocycles. The molecular weight excluding hydrogens is 186 g/mol. The van der Waals surface area contributed by atoms with E-state index in [-0.39, 0.29) is 0 Å². The lowest BCUT2D eigenvalue weighted by Gasteiger charge is -2.14. The predicted octanol–water partition coefficient (Wildman–Crippen LogP) is 2.77. The number of rotatable bonds is 3. The van der Waals surface area contributed by atoms with E-state index in [9.17, 15) is 0 Å². The Hall–Kier alpha value is -1.77. The van der Waals surface area contributed by atoms with Crippen LogP contribution in [-0.4, -0.2) is 12.0 Å². The fraction of sp³-hybridized carbons (Fsp3) is 0.250. The Bertz CT molecular complexity index is 394.